The minimum atomic E-state index is -1.18. The lowest BCUT2D eigenvalue weighted by molar-refractivity contribution is 0.0694. The van der Waals surface area contributed by atoms with E-state index in [-0.39, 0.29) is 17.7 Å². The maximum Gasteiger partial charge on any atom is 0.341 e. The number of aliphatic hydroxyl groups excluding tert-OH is 1. The molecule has 2 N–H and O–H groups in total. The van der Waals surface area contributed by atoms with E-state index in [1.807, 2.05) is 10.6 Å². The van der Waals surface area contributed by atoms with Crippen LogP contribution in [0.25, 0.3) is 10.9 Å². The van der Waals surface area contributed by atoms with Crippen molar-refractivity contribution in [1.29, 1.82) is 0 Å². The number of aromatic nitrogens is 1. The Morgan fingerprint density at radius 1 is 1.20 bits per heavy atom. The Morgan fingerprint density at radius 3 is 2.60 bits per heavy atom. The van der Waals surface area contributed by atoms with Crippen LogP contribution in [0.2, 0.25) is 0 Å². The van der Waals surface area contributed by atoms with Crippen molar-refractivity contribution in [3.63, 3.8) is 0 Å². The molecule has 6 heteroatoms. The molecular formula is C19H22N2O4. The highest BCUT2D eigenvalue weighted by molar-refractivity contribution is 5.95. The molecule has 1 atom stereocenters. The van der Waals surface area contributed by atoms with Crippen molar-refractivity contribution in [2.75, 3.05) is 18.0 Å². The summed E-state index contributed by atoms with van der Waals surface area (Å²) in [7, 11) is 0. The lowest BCUT2D eigenvalue weighted by Crippen LogP contribution is -2.37. The van der Waals surface area contributed by atoms with Crippen LogP contribution in [0.15, 0.2) is 23.1 Å². The van der Waals surface area contributed by atoms with Gasteiger partial charge in [0.25, 0.3) is 0 Å². The Bertz CT molecular complexity index is 910. The van der Waals surface area contributed by atoms with Crippen molar-refractivity contribution >= 4 is 22.6 Å². The molecule has 0 aliphatic carbocycles. The average molecular weight is 342 g/mol. The van der Waals surface area contributed by atoms with Gasteiger partial charge in [-0.2, -0.15) is 0 Å². The van der Waals surface area contributed by atoms with Crippen LogP contribution < -0.4 is 10.3 Å². The van der Waals surface area contributed by atoms with Crippen LogP contribution >= 0.6 is 0 Å². The monoisotopic (exact) mass is 342 g/mol. The SMILES string of the molecule is CC1CCc2c(N3CCC(O)CC3)ccc3c(=O)c(C(=O)O)cn1c23. The minimum Gasteiger partial charge on any atom is -0.477 e. The summed E-state index contributed by atoms with van der Waals surface area (Å²) in [6, 6.07) is 3.87. The molecule has 1 unspecified atom stereocenters. The third kappa shape index (κ3) is 2.52. The second-order valence-corrected chi connectivity index (χ2v) is 7.15. The highest BCUT2D eigenvalue weighted by Crippen LogP contribution is 2.36. The van der Waals surface area contributed by atoms with Crippen molar-refractivity contribution < 1.29 is 15.0 Å². The Morgan fingerprint density at radius 2 is 1.92 bits per heavy atom. The standard InChI is InChI=1S/C19H22N2O4/c1-11-2-3-13-16(20-8-6-12(22)7-9-20)5-4-14-17(13)21(11)10-15(18(14)23)19(24)25/h4-5,10-12,22H,2-3,6-9H2,1H3,(H,24,25). The number of hydrogen-bond acceptors (Lipinski definition) is 4. The van der Waals surface area contributed by atoms with E-state index in [1.54, 1.807) is 6.07 Å². The number of aromatic carboxylic acids is 1. The van der Waals surface area contributed by atoms with Gasteiger partial charge in [-0.15, -0.1) is 0 Å². The first kappa shape index (κ1) is 16.1. The zero-order valence-electron chi connectivity index (χ0n) is 14.2. The van der Waals surface area contributed by atoms with E-state index in [0.717, 1.165) is 55.5 Å². The molecule has 1 aromatic heterocycles. The number of aliphatic hydroxyl groups is 1. The van der Waals surface area contributed by atoms with Gasteiger partial charge in [0.1, 0.15) is 5.56 Å². The number of piperidine rings is 1. The zero-order chi connectivity index (χ0) is 17.7. The fraction of sp³-hybridized carbons (Fsp3) is 0.474. The van der Waals surface area contributed by atoms with E-state index in [2.05, 4.69) is 11.8 Å². The minimum absolute atomic E-state index is 0.159. The van der Waals surface area contributed by atoms with Gasteiger partial charge in [0.15, 0.2) is 0 Å². The van der Waals surface area contributed by atoms with Gasteiger partial charge in [-0.3, -0.25) is 4.79 Å². The number of pyridine rings is 1. The summed E-state index contributed by atoms with van der Waals surface area (Å²) >= 11 is 0. The molecule has 25 heavy (non-hydrogen) atoms. The summed E-state index contributed by atoms with van der Waals surface area (Å²) in [6.07, 6.45) is 4.56. The van der Waals surface area contributed by atoms with E-state index in [0.29, 0.717) is 5.39 Å². The number of carboxylic acids is 1. The Labute approximate surface area is 145 Å². The van der Waals surface area contributed by atoms with Crippen LogP contribution in [0.5, 0.6) is 0 Å². The first-order chi connectivity index (χ1) is 12.0. The fourth-order valence-electron chi connectivity index (χ4n) is 4.15. The third-order valence-corrected chi connectivity index (χ3v) is 5.60. The molecule has 132 valence electrons. The molecule has 2 aliphatic rings. The quantitative estimate of drug-likeness (QED) is 0.874. The summed E-state index contributed by atoms with van der Waals surface area (Å²) in [5.74, 6) is -1.18. The summed E-state index contributed by atoms with van der Waals surface area (Å²) in [4.78, 5) is 26.3. The molecule has 2 aromatic rings. The summed E-state index contributed by atoms with van der Waals surface area (Å²) < 4.78 is 1.96. The van der Waals surface area contributed by atoms with Crippen LogP contribution in [0.3, 0.4) is 0 Å². The first-order valence-corrected chi connectivity index (χ1v) is 8.84. The van der Waals surface area contributed by atoms with E-state index < -0.39 is 11.4 Å². The molecule has 0 amide bonds. The van der Waals surface area contributed by atoms with Crippen molar-refractivity contribution in [1.82, 2.24) is 4.57 Å². The molecule has 0 saturated carbocycles. The number of anilines is 1. The van der Waals surface area contributed by atoms with Crippen molar-refractivity contribution in [3.8, 4) is 0 Å². The van der Waals surface area contributed by atoms with Gasteiger partial charge in [-0.05, 0) is 50.3 Å². The molecule has 1 aromatic carbocycles. The third-order valence-electron chi connectivity index (χ3n) is 5.60. The first-order valence-electron chi connectivity index (χ1n) is 8.84. The topological polar surface area (TPSA) is 82.8 Å². The molecule has 2 aliphatic heterocycles. The second-order valence-electron chi connectivity index (χ2n) is 7.15. The molecule has 0 radical (unpaired) electrons. The van der Waals surface area contributed by atoms with E-state index >= 15 is 0 Å². The van der Waals surface area contributed by atoms with Gasteiger partial charge in [-0.25, -0.2) is 4.79 Å². The second kappa shape index (κ2) is 5.88. The maximum absolute atomic E-state index is 12.6. The predicted molar refractivity (Wildman–Crippen MR) is 95.7 cm³/mol. The molecule has 0 bridgehead atoms. The number of carboxylic acid groups (broad SMARTS) is 1. The van der Waals surface area contributed by atoms with Crippen LogP contribution in [0.1, 0.15) is 48.1 Å². The largest absolute Gasteiger partial charge is 0.477 e. The van der Waals surface area contributed by atoms with Crippen molar-refractivity contribution in [2.24, 2.45) is 0 Å². The van der Waals surface area contributed by atoms with Crippen molar-refractivity contribution in [2.45, 2.75) is 44.8 Å². The number of carbonyl (C=O) groups is 1. The van der Waals surface area contributed by atoms with Gasteiger partial charge in [0.05, 0.1) is 11.6 Å². The number of benzene rings is 1. The summed E-state index contributed by atoms with van der Waals surface area (Å²) in [5, 5.41) is 19.6. The average Bonchev–Trinajstić information content (AvgIpc) is 2.60. The van der Waals surface area contributed by atoms with Crippen LogP contribution in [0.4, 0.5) is 5.69 Å². The van der Waals surface area contributed by atoms with Gasteiger partial charge in [0, 0.05) is 36.4 Å². The zero-order valence-corrected chi connectivity index (χ0v) is 14.2. The highest BCUT2D eigenvalue weighted by atomic mass is 16.4. The van der Waals surface area contributed by atoms with Gasteiger partial charge in [0.2, 0.25) is 5.43 Å². The maximum atomic E-state index is 12.6. The number of hydrogen-bond donors (Lipinski definition) is 2. The summed E-state index contributed by atoms with van der Waals surface area (Å²) in [5.41, 5.74) is 2.54. The molecule has 1 fully saturated rings. The van der Waals surface area contributed by atoms with Gasteiger partial charge < -0.3 is 19.7 Å². The Hall–Kier alpha value is -2.34. The molecule has 4 rings (SSSR count). The van der Waals surface area contributed by atoms with Crippen LogP contribution in [-0.4, -0.2) is 39.9 Å². The van der Waals surface area contributed by atoms with Gasteiger partial charge >= 0.3 is 5.97 Å². The number of rotatable bonds is 2. The molecular weight excluding hydrogens is 320 g/mol. The van der Waals surface area contributed by atoms with E-state index in [1.165, 1.54) is 6.20 Å². The number of aryl methyl sites for hydroxylation is 1. The van der Waals surface area contributed by atoms with Crippen LogP contribution in [-0.2, 0) is 6.42 Å². The summed E-state index contributed by atoms with van der Waals surface area (Å²) in [6.45, 7) is 3.65. The predicted octanol–water partition coefficient (Wildman–Crippen LogP) is 2.17. The molecule has 6 nitrogen and oxygen atoms in total. The molecule has 0 spiro atoms. The highest BCUT2D eigenvalue weighted by Gasteiger charge is 2.27. The molecule has 3 heterocycles. The molecule has 1 saturated heterocycles. The van der Waals surface area contributed by atoms with E-state index in [9.17, 15) is 19.8 Å². The van der Waals surface area contributed by atoms with Crippen LogP contribution in [0, 0.1) is 0 Å². The number of nitrogens with zero attached hydrogens (tertiary/aromatic N) is 2. The van der Waals surface area contributed by atoms with Crippen molar-refractivity contribution in [3.05, 3.63) is 39.7 Å². The lowest BCUT2D eigenvalue weighted by Gasteiger charge is -2.35. The lowest BCUT2D eigenvalue weighted by atomic mass is 9.93. The Kier molecular flexibility index (Phi) is 3.80. The fourth-order valence-corrected chi connectivity index (χ4v) is 4.15. The normalized spacial score (nSPS) is 20.9. The smallest absolute Gasteiger partial charge is 0.341 e. The van der Waals surface area contributed by atoms with Gasteiger partial charge in [-0.1, -0.05) is 0 Å². The Balaban J connectivity index is 1.94. The van der Waals surface area contributed by atoms with E-state index in [4.69, 9.17) is 0 Å².